The van der Waals surface area contributed by atoms with Crippen molar-refractivity contribution >= 4 is 41.4 Å². The molecule has 23 heavy (non-hydrogen) atoms. The smallest absolute Gasteiger partial charge is 0.0868 e. The molecule has 0 amide bonds. The SMILES string of the molecule is CC1C=c2ccccc2=CC1=Nc1cc2c(cc1N)=CCCC=2. The van der Waals surface area contributed by atoms with Crippen LogP contribution in [0.15, 0.2) is 41.4 Å². The predicted octanol–water partition coefficient (Wildman–Crippen LogP) is 1.61. The zero-order chi connectivity index (χ0) is 15.8. The number of anilines is 1. The highest BCUT2D eigenvalue weighted by Crippen LogP contribution is 2.21. The average molecular weight is 300 g/mol. The molecule has 0 saturated heterocycles. The number of nitrogens with two attached hydrogens (primary N) is 1. The van der Waals surface area contributed by atoms with Crippen LogP contribution in [0.3, 0.4) is 0 Å². The van der Waals surface area contributed by atoms with Gasteiger partial charge in [0.1, 0.15) is 0 Å². The molecule has 0 spiro atoms. The third kappa shape index (κ3) is 2.61. The predicted molar refractivity (Wildman–Crippen MR) is 99.1 cm³/mol. The average Bonchev–Trinajstić information content (AvgIpc) is 2.56. The summed E-state index contributed by atoms with van der Waals surface area (Å²) in [5.41, 5.74) is 8.93. The second kappa shape index (κ2) is 5.54. The summed E-state index contributed by atoms with van der Waals surface area (Å²) in [6, 6.07) is 12.6. The largest absolute Gasteiger partial charge is 0.397 e. The van der Waals surface area contributed by atoms with Crippen LogP contribution in [0.25, 0.3) is 24.3 Å². The van der Waals surface area contributed by atoms with Gasteiger partial charge in [0.2, 0.25) is 0 Å². The minimum absolute atomic E-state index is 0.288. The lowest BCUT2D eigenvalue weighted by atomic mass is 9.97. The summed E-state index contributed by atoms with van der Waals surface area (Å²) in [6.07, 6.45) is 11.2. The van der Waals surface area contributed by atoms with Crippen LogP contribution in [0.1, 0.15) is 19.8 Å². The van der Waals surface area contributed by atoms with Crippen LogP contribution in [-0.4, -0.2) is 5.71 Å². The second-order valence-corrected chi connectivity index (χ2v) is 6.29. The van der Waals surface area contributed by atoms with Crippen molar-refractivity contribution in [3.8, 4) is 0 Å². The number of rotatable bonds is 1. The second-order valence-electron chi connectivity index (χ2n) is 6.29. The molecule has 2 aliphatic carbocycles. The molecule has 0 radical (unpaired) electrons. The molecule has 2 heteroatoms. The van der Waals surface area contributed by atoms with E-state index in [2.05, 4.69) is 67.6 Å². The summed E-state index contributed by atoms with van der Waals surface area (Å²) in [6.45, 7) is 2.18. The van der Waals surface area contributed by atoms with Crippen LogP contribution >= 0.6 is 0 Å². The first-order chi connectivity index (χ1) is 11.2. The van der Waals surface area contributed by atoms with Gasteiger partial charge in [-0.1, -0.05) is 49.4 Å². The zero-order valence-corrected chi connectivity index (χ0v) is 13.3. The number of nitrogens with zero attached hydrogens (tertiary/aromatic N) is 1. The lowest BCUT2D eigenvalue weighted by molar-refractivity contribution is 1.05. The highest BCUT2D eigenvalue weighted by molar-refractivity contribution is 6.15. The van der Waals surface area contributed by atoms with Gasteiger partial charge in [-0.3, -0.25) is 4.99 Å². The molecule has 0 aliphatic heterocycles. The summed E-state index contributed by atoms with van der Waals surface area (Å²) < 4.78 is 0. The van der Waals surface area contributed by atoms with Crippen LogP contribution in [-0.2, 0) is 0 Å². The van der Waals surface area contributed by atoms with Gasteiger partial charge < -0.3 is 5.73 Å². The third-order valence-corrected chi connectivity index (χ3v) is 4.57. The number of fused-ring (bicyclic) bond motifs is 2. The topological polar surface area (TPSA) is 38.4 Å². The Bertz CT molecular complexity index is 1040. The Morgan fingerprint density at radius 3 is 2.43 bits per heavy atom. The van der Waals surface area contributed by atoms with Gasteiger partial charge in [0.15, 0.2) is 0 Å². The van der Waals surface area contributed by atoms with Crippen LogP contribution < -0.4 is 26.6 Å². The first kappa shape index (κ1) is 14.0. The molecule has 0 fully saturated rings. The first-order valence-corrected chi connectivity index (χ1v) is 8.18. The highest BCUT2D eigenvalue weighted by Gasteiger charge is 2.11. The molecule has 2 nitrogen and oxygen atoms in total. The molecule has 114 valence electrons. The molecular weight excluding hydrogens is 280 g/mol. The number of hydrogen-bond donors (Lipinski definition) is 1. The van der Waals surface area contributed by atoms with Gasteiger partial charge in [0, 0.05) is 11.6 Å². The molecular formula is C21H20N2. The molecule has 1 atom stereocenters. The van der Waals surface area contributed by atoms with E-state index >= 15 is 0 Å². The molecule has 2 aliphatic rings. The van der Waals surface area contributed by atoms with Gasteiger partial charge in [-0.25, -0.2) is 0 Å². The van der Waals surface area contributed by atoms with Crippen molar-refractivity contribution in [1.82, 2.24) is 0 Å². The van der Waals surface area contributed by atoms with Crippen molar-refractivity contribution in [1.29, 1.82) is 0 Å². The lowest BCUT2D eigenvalue weighted by Crippen LogP contribution is -2.32. The molecule has 0 aromatic heterocycles. The van der Waals surface area contributed by atoms with Crippen molar-refractivity contribution in [3.05, 3.63) is 57.3 Å². The van der Waals surface area contributed by atoms with Crippen LogP contribution in [0.4, 0.5) is 11.4 Å². The zero-order valence-electron chi connectivity index (χ0n) is 13.3. The number of benzene rings is 2. The Morgan fingerprint density at radius 2 is 1.65 bits per heavy atom. The van der Waals surface area contributed by atoms with Crippen LogP contribution in [0, 0.1) is 5.92 Å². The van der Waals surface area contributed by atoms with Gasteiger partial charge in [0.05, 0.1) is 11.4 Å². The van der Waals surface area contributed by atoms with Gasteiger partial charge >= 0.3 is 0 Å². The highest BCUT2D eigenvalue weighted by atomic mass is 14.8. The molecule has 0 bridgehead atoms. The van der Waals surface area contributed by atoms with Crippen molar-refractivity contribution in [2.75, 3.05) is 5.73 Å². The van der Waals surface area contributed by atoms with Crippen molar-refractivity contribution in [3.63, 3.8) is 0 Å². The molecule has 2 N–H and O–H groups in total. The summed E-state index contributed by atoms with van der Waals surface area (Å²) in [4.78, 5) is 4.88. The van der Waals surface area contributed by atoms with E-state index in [9.17, 15) is 0 Å². The Labute approximate surface area is 135 Å². The summed E-state index contributed by atoms with van der Waals surface area (Å²) in [5.74, 6) is 0.288. The molecule has 4 rings (SSSR count). The van der Waals surface area contributed by atoms with E-state index in [0.29, 0.717) is 0 Å². The summed E-state index contributed by atoms with van der Waals surface area (Å²) in [7, 11) is 0. The van der Waals surface area contributed by atoms with Crippen molar-refractivity contribution < 1.29 is 0 Å². The number of hydrogen-bond acceptors (Lipinski definition) is 2. The monoisotopic (exact) mass is 300 g/mol. The maximum atomic E-state index is 6.24. The van der Waals surface area contributed by atoms with Crippen LogP contribution in [0.2, 0.25) is 0 Å². The van der Waals surface area contributed by atoms with E-state index in [1.807, 2.05) is 0 Å². The first-order valence-electron chi connectivity index (χ1n) is 8.18. The fourth-order valence-electron chi connectivity index (χ4n) is 3.28. The maximum Gasteiger partial charge on any atom is 0.0868 e. The van der Waals surface area contributed by atoms with Crippen molar-refractivity contribution in [2.45, 2.75) is 19.8 Å². The van der Waals surface area contributed by atoms with E-state index < -0.39 is 0 Å². The Morgan fingerprint density at radius 1 is 0.957 bits per heavy atom. The quantitative estimate of drug-likeness (QED) is 0.798. The standard InChI is InChI=1S/C21H20N2/c1-14-10-15-6-2-4-8-17(15)12-20(14)23-21-13-18-9-5-3-7-16(18)11-19(21)22/h2,4,6-14H,3,5,22H2,1H3. The van der Waals surface area contributed by atoms with E-state index in [0.717, 1.165) is 29.9 Å². The Kier molecular flexibility index (Phi) is 3.38. The van der Waals surface area contributed by atoms with E-state index in [1.54, 1.807) is 0 Å². The molecule has 2 aromatic rings. The fraction of sp³-hybridized carbons (Fsp3) is 0.190. The summed E-state index contributed by atoms with van der Waals surface area (Å²) >= 11 is 0. The van der Waals surface area contributed by atoms with Gasteiger partial charge in [-0.2, -0.15) is 0 Å². The minimum Gasteiger partial charge on any atom is -0.397 e. The third-order valence-electron chi connectivity index (χ3n) is 4.57. The van der Waals surface area contributed by atoms with Crippen molar-refractivity contribution in [2.24, 2.45) is 10.9 Å². The Hall–Kier alpha value is -2.61. The van der Waals surface area contributed by atoms with Gasteiger partial charge in [-0.15, -0.1) is 0 Å². The van der Waals surface area contributed by atoms with E-state index in [-0.39, 0.29) is 5.92 Å². The van der Waals surface area contributed by atoms with Gasteiger partial charge in [0.25, 0.3) is 0 Å². The lowest BCUT2D eigenvalue weighted by Gasteiger charge is -2.13. The molecule has 2 aromatic carbocycles. The summed E-state index contributed by atoms with van der Waals surface area (Å²) in [5, 5.41) is 4.98. The van der Waals surface area contributed by atoms with E-state index in [1.165, 1.54) is 20.9 Å². The molecule has 0 saturated carbocycles. The van der Waals surface area contributed by atoms with Crippen LogP contribution in [0.5, 0.6) is 0 Å². The number of aliphatic imine (C=N–C) groups is 1. The minimum atomic E-state index is 0.288. The molecule has 0 heterocycles. The number of nitrogen functional groups attached to an aromatic ring is 1. The maximum absolute atomic E-state index is 6.24. The Balaban J connectivity index is 1.87. The fourth-order valence-corrected chi connectivity index (χ4v) is 3.28. The van der Waals surface area contributed by atoms with Gasteiger partial charge in [-0.05, 0) is 51.9 Å². The van der Waals surface area contributed by atoms with E-state index in [4.69, 9.17) is 10.7 Å². The normalized spacial score (nSPS) is 20.4. The molecule has 1 unspecified atom stereocenters.